The van der Waals surface area contributed by atoms with Gasteiger partial charge in [-0.1, -0.05) is 38.2 Å². The van der Waals surface area contributed by atoms with Crippen LogP contribution in [0, 0.1) is 17.8 Å². The average Bonchev–Trinajstić information content (AvgIpc) is 2.90. The minimum Gasteiger partial charge on any atom is -0.467 e. The molecule has 1 aromatic heterocycles. The van der Waals surface area contributed by atoms with Gasteiger partial charge < -0.3 is 20.3 Å². The predicted molar refractivity (Wildman–Crippen MR) is 143 cm³/mol. The van der Waals surface area contributed by atoms with E-state index in [1.165, 1.54) is 19.1 Å². The third-order valence-corrected chi connectivity index (χ3v) is 8.50. The van der Waals surface area contributed by atoms with Crippen molar-refractivity contribution in [3.8, 4) is 0 Å². The van der Waals surface area contributed by atoms with E-state index in [0.717, 1.165) is 82.3 Å². The summed E-state index contributed by atoms with van der Waals surface area (Å²) < 4.78 is 5.01. The fourth-order valence-electron chi connectivity index (χ4n) is 6.47. The lowest BCUT2D eigenvalue weighted by molar-refractivity contribution is -0.148. The first-order chi connectivity index (χ1) is 18.0. The second kappa shape index (κ2) is 13.2. The van der Waals surface area contributed by atoms with E-state index in [1.54, 1.807) is 6.92 Å². The van der Waals surface area contributed by atoms with E-state index in [2.05, 4.69) is 22.8 Å². The molecule has 2 amide bonds. The Labute approximate surface area is 221 Å². The normalized spacial score (nSPS) is 23.4. The Morgan fingerprint density at radius 3 is 2.54 bits per heavy atom. The quantitative estimate of drug-likeness (QED) is 0.345. The number of esters is 1. The van der Waals surface area contributed by atoms with E-state index in [4.69, 9.17) is 9.72 Å². The van der Waals surface area contributed by atoms with Crippen molar-refractivity contribution in [3.05, 3.63) is 23.4 Å². The molecule has 2 fully saturated rings. The summed E-state index contributed by atoms with van der Waals surface area (Å²) in [5, 5.41) is 6.43. The van der Waals surface area contributed by atoms with Crippen LogP contribution in [0.2, 0.25) is 0 Å². The van der Waals surface area contributed by atoms with Gasteiger partial charge in [0.1, 0.15) is 11.9 Å². The summed E-state index contributed by atoms with van der Waals surface area (Å²) in [5.41, 5.74) is 2.48. The number of aryl methyl sites for hydroxylation is 2. The monoisotopic (exact) mass is 512 g/mol. The average molecular weight is 513 g/mol. The van der Waals surface area contributed by atoms with Crippen molar-refractivity contribution in [2.45, 2.75) is 90.0 Å². The number of hydrogen-bond donors (Lipinski definition) is 2. The molecule has 2 bridgehead atoms. The molecule has 1 saturated heterocycles. The van der Waals surface area contributed by atoms with Crippen LogP contribution in [0.3, 0.4) is 0 Å². The van der Waals surface area contributed by atoms with Gasteiger partial charge in [0.15, 0.2) is 0 Å². The zero-order valence-electron chi connectivity index (χ0n) is 22.6. The lowest BCUT2D eigenvalue weighted by atomic mass is 9.68. The van der Waals surface area contributed by atoms with Crippen LogP contribution in [-0.4, -0.2) is 60.5 Å². The fourth-order valence-corrected chi connectivity index (χ4v) is 6.47. The molecule has 2 unspecified atom stereocenters. The van der Waals surface area contributed by atoms with Crippen molar-refractivity contribution in [1.82, 2.24) is 15.2 Å². The van der Waals surface area contributed by atoms with Gasteiger partial charge in [-0.15, -0.1) is 0 Å². The van der Waals surface area contributed by atoms with E-state index in [9.17, 15) is 14.4 Å². The number of pyridine rings is 1. The number of hydrogen-bond acceptors (Lipinski definition) is 6. The number of methoxy groups -OCH3 is 1. The van der Waals surface area contributed by atoms with E-state index < -0.39 is 6.04 Å². The largest absolute Gasteiger partial charge is 0.467 e. The Balaban J connectivity index is 1.18. The van der Waals surface area contributed by atoms with Crippen LogP contribution in [0.25, 0.3) is 0 Å². The SMILES string of the molecule is COC(=O)[C@H](CCCCCCCc1ccc2c(n1)NCCC2)NC(=O)C1C2CCCC1CN(C(C)=O)C2. The van der Waals surface area contributed by atoms with Gasteiger partial charge in [-0.05, 0) is 68.4 Å². The summed E-state index contributed by atoms with van der Waals surface area (Å²) >= 11 is 0. The zero-order valence-corrected chi connectivity index (χ0v) is 22.6. The van der Waals surface area contributed by atoms with Gasteiger partial charge >= 0.3 is 5.97 Å². The Hall–Kier alpha value is -2.64. The maximum Gasteiger partial charge on any atom is 0.328 e. The number of amides is 2. The molecule has 1 saturated carbocycles. The number of unbranched alkanes of at least 4 members (excludes halogenated alkanes) is 4. The second-order valence-electron chi connectivity index (χ2n) is 11.1. The van der Waals surface area contributed by atoms with Crippen LogP contribution < -0.4 is 10.6 Å². The lowest BCUT2D eigenvalue weighted by Gasteiger charge is -2.46. The molecule has 1 aliphatic carbocycles. The van der Waals surface area contributed by atoms with Crippen LogP contribution in [0.1, 0.15) is 82.4 Å². The van der Waals surface area contributed by atoms with Gasteiger partial charge in [0.05, 0.1) is 7.11 Å². The third-order valence-electron chi connectivity index (χ3n) is 8.50. The molecule has 1 aromatic rings. The minimum atomic E-state index is -0.601. The molecule has 2 N–H and O–H groups in total. The maximum absolute atomic E-state index is 13.3. The van der Waals surface area contributed by atoms with Crippen molar-refractivity contribution in [3.63, 3.8) is 0 Å². The number of anilines is 1. The highest BCUT2D eigenvalue weighted by Gasteiger charge is 2.44. The number of rotatable bonds is 11. The van der Waals surface area contributed by atoms with Crippen LogP contribution in [0.4, 0.5) is 5.82 Å². The number of nitrogens with one attached hydrogen (secondary N) is 2. The van der Waals surface area contributed by atoms with E-state index in [1.807, 2.05) is 4.90 Å². The third kappa shape index (κ3) is 7.23. The Morgan fingerprint density at radius 1 is 1.08 bits per heavy atom. The summed E-state index contributed by atoms with van der Waals surface area (Å²) in [6.07, 6.45) is 12.1. The maximum atomic E-state index is 13.3. The number of fused-ring (bicyclic) bond motifs is 3. The van der Waals surface area contributed by atoms with Crippen molar-refractivity contribution in [1.29, 1.82) is 0 Å². The molecule has 8 heteroatoms. The van der Waals surface area contributed by atoms with Gasteiger partial charge in [-0.25, -0.2) is 9.78 Å². The molecule has 204 valence electrons. The summed E-state index contributed by atoms with van der Waals surface area (Å²) in [5.74, 6) is 0.966. The van der Waals surface area contributed by atoms with Gasteiger partial charge in [0, 0.05) is 38.2 Å². The number of likely N-dealkylation sites (tertiary alicyclic amines) is 1. The van der Waals surface area contributed by atoms with Crippen LogP contribution in [0.15, 0.2) is 12.1 Å². The molecule has 0 aromatic carbocycles. The fraction of sp³-hybridized carbons (Fsp3) is 0.724. The van der Waals surface area contributed by atoms with Crippen molar-refractivity contribution < 1.29 is 19.1 Å². The van der Waals surface area contributed by atoms with E-state index in [0.29, 0.717) is 19.5 Å². The Bertz CT molecular complexity index is 938. The van der Waals surface area contributed by atoms with Crippen LogP contribution in [0.5, 0.6) is 0 Å². The summed E-state index contributed by atoms with van der Waals surface area (Å²) in [4.78, 5) is 44.3. The molecule has 4 rings (SSSR count). The molecule has 8 nitrogen and oxygen atoms in total. The molecule has 3 atom stereocenters. The van der Waals surface area contributed by atoms with Crippen LogP contribution in [-0.2, 0) is 32.0 Å². The first-order valence-electron chi connectivity index (χ1n) is 14.3. The number of ether oxygens (including phenoxy) is 1. The molecule has 37 heavy (non-hydrogen) atoms. The molecular formula is C29H44N4O4. The van der Waals surface area contributed by atoms with Gasteiger partial charge in [-0.2, -0.15) is 0 Å². The minimum absolute atomic E-state index is 0.0414. The second-order valence-corrected chi connectivity index (χ2v) is 11.1. The number of nitrogens with zero attached hydrogens (tertiary/aromatic N) is 2. The van der Waals surface area contributed by atoms with Crippen molar-refractivity contribution in [2.24, 2.45) is 17.8 Å². The van der Waals surface area contributed by atoms with E-state index >= 15 is 0 Å². The molecule has 0 radical (unpaired) electrons. The first-order valence-corrected chi connectivity index (χ1v) is 14.3. The molecule has 3 aliphatic rings. The number of piperidine rings is 1. The lowest BCUT2D eigenvalue weighted by Crippen LogP contribution is -2.56. The standard InChI is InChI=1S/C29H44N4O4/c1-20(34)33-18-22-10-8-11-23(19-33)26(22)28(35)32-25(29(36)37-2)14-7-5-3-4-6-13-24-16-15-21-12-9-17-30-27(21)31-24/h15-16,22-23,25-26H,3-14,17-19H2,1-2H3,(H,30,31)(H,32,35)/t22?,23?,25-,26?/m0/s1. The highest BCUT2D eigenvalue weighted by atomic mass is 16.5. The predicted octanol–water partition coefficient (Wildman–Crippen LogP) is 3.88. The highest BCUT2D eigenvalue weighted by molar-refractivity contribution is 5.86. The molecule has 3 heterocycles. The van der Waals surface area contributed by atoms with E-state index in [-0.39, 0.29) is 35.5 Å². The Morgan fingerprint density at radius 2 is 1.81 bits per heavy atom. The summed E-state index contributed by atoms with van der Waals surface area (Å²) in [7, 11) is 1.38. The molecular weight excluding hydrogens is 468 g/mol. The molecule has 2 aliphatic heterocycles. The van der Waals surface area contributed by atoms with Gasteiger partial charge in [0.25, 0.3) is 0 Å². The van der Waals surface area contributed by atoms with Gasteiger partial charge in [-0.3, -0.25) is 9.59 Å². The zero-order chi connectivity index (χ0) is 26.2. The topological polar surface area (TPSA) is 101 Å². The smallest absolute Gasteiger partial charge is 0.328 e. The Kier molecular flexibility index (Phi) is 9.81. The number of carbonyl (C=O) groups is 3. The van der Waals surface area contributed by atoms with Crippen molar-refractivity contribution >= 4 is 23.6 Å². The van der Waals surface area contributed by atoms with Gasteiger partial charge in [0.2, 0.25) is 11.8 Å². The first kappa shape index (κ1) is 27.4. The van der Waals surface area contributed by atoms with Crippen LogP contribution >= 0.6 is 0 Å². The van der Waals surface area contributed by atoms with Crippen molar-refractivity contribution in [2.75, 3.05) is 32.1 Å². The number of aromatic nitrogens is 1. The summed E-state index contributed by atoms with van der Waals surface area (Å²) in [6, 6.07) is 3.77. The highest BCUT2D eigenvalue weighted by Crippen LogP contribution is 2.40. The summed E-state index contributed by atoms with van der Waals surface area (Å²) in [6.45, 7) is 3.90. The number of carbonyl (C=O) groups excluding carboxylic acids is 3. The molecule has 0 spiro atoms.